The first-order chi connectivity index (χ1) is 10.9. The summed E-state index contributed by atoms with van der Waals surface area (Å²) in [7, 11) is 0. The van der Waals surface area contributed by atoms with E-state index in [0.717, 1.165) is 0 Å². The Morgan fingerprint density at radius 2 is 2.00 bits per heavy atom. The number of hydrogen-bond donors (Lipinski definition) is 2. The molecule has 0 saturated carbocycles. The number of carbonyl (C=O) groups excluding carboxylic acids is 1. The fourth-order valence-corrected chi connectivity index (χ4v) is 2.73. The SMILES string of the molecule is NC(=O)COc1cc(O)c2c(=O)c3cc(Cl)cc(Cl)c3oc2c1. The molecule has 1 heterocycles. The monoisotopic (exact) mass is 353 g/mol. The quantitative estimate of drug-likeness (QED) is 0.704. The van der Waals surface area contributed by atoms with Crippen molar-refractivity contribution in [3.05, 3.63) is 44.5 Å². The number of primary amides is 1. The molecule has 3 N–H and O–H groups in total. The zero-order valence-corrected chi connectivity index (χ0v) is 12.9. The molecule has 2 aromatic carbocycles. The van der Waals surface area contributed by atoms with E-state index in [1.165, 1.54) is 24.3 Å². The Labute approximate surface area is 139 Å². The van der Waals surface area contributed by atoms with E-state index in [-0.39, 0.29) is 50.1 Å². The van der Waals surface area contributed by atoms with Crippen molar-refractivity contribution in [1.82, 2.24) is 0 Å². The molecule has 0 fully saturated rings. The highest BCUT2D eigenvalue weighted by molar-refractivity contribution is 6.38. The summed E-state index contributed by atoms with van der Waals surface area (Å²) in [4.78, 5) is 23.3. The van der Waals surface area contributed by atoms with Gasteiger partial charge in [0.1, 0.15) is 22.5 Å². The molecular formula is C15H9Cl2NO5. The summed E-state index contributed by atoms with van der Waals surface area (Å²) in [5.41, 5.74) is 4.71. The number of rotatable bonds is 3. The predicted molar refractivity (Wildman–Crippen MR) is 86.4 cm³/mol. The molecule has 1 amide bonds. The Bertz CT molecular complexity index is 1010. The van der Waals surface area contributed by atoms with Gasteiger partial charge >= 0.3 is 0 Å². The Morgan fingerprint density at radius 1 is 1.26 bits per heavy atom. The summed E-state index contributed by atoms with van der Waals surface area (Å²) in [6.07, 6.45) is 0. The van der Waals surface area contributed by atoms with E-state index in [9.17, 15) is 14.7 Å². The Morgan fingerprint density at radius 3 is 2.70 bits per heavy atom. The summed E-state index contributed by atoms with van der Waals surface area (Å²) < 4.78 is 10.7. The molecule has 0 spiro atoms. The van der Waals surface area contributed by atoms with Gasteiger partial charge in [0.05, 0.1) is 10.4 Å². The third-order valence-electron chi connectivity index (χ3n) is 3.13. The lowest BCUT2D eigenvalue weighted by Gasteiger charge is -2.08. The van der Waals surface area contributed by atoms with Gasteiger partial charge in [-0.3, -0.25) is 9.59 Å². The molecule has 1 aromatic heterocycles. The van der Waals surface area contributed by atoms with E-state index in [1.807, 2.05) is 0 Å². The van der Waals surface area contributed by atoms with Crippen molar-refractivity contribution >= 4 is 51.0 Å². The van der Waals surface area contributed by atoms with Gasteiger partial charge in [0.15, 0.2) is 12.2 Å². The topological polar surface area (TPSA) is 103 Å². The first-order valence-electron chi connectivity index (χ1n) is 6.36. The van der Waals surface area contributed by atoms with Crippen molar-refractivity contribution in [2.24, 2.45) is 5.73 Å². The normalized spacial score (nSPS) is 11.0. The molecule has 0 radical (unpaired) electrons. The van der Waals surface area contributed by atoms with Crippen molar-refractivity contribution in [2.45, 2.75) is 0 Å². The number of fused-ring (bicyclic) bond motifs is 2. The summed E-state index contributed by atoms with van der Waals surface area (Å²) in [6, 6.07) is 5.41. The third kappa shape index (κ3) is 2.78. The lowest BCUT2D eigenvalue weighted by Crippen LogP contribution is -2.20. The zero-order chi connectivity index (χ0) is 16.7. The van der Waals surface area contributed by atoms with Crippen molar-refractivity contribution < 1.29 is 19.1 Å². The van der Waals surface area contributed by atoms with Crippen molar-refractivity contribution in [3.8, 4) is 11.5 Å². The highest BCUT2D eigenvalue weighted by Crippen LogP contribution is 2.33. The van der Waals surface area contributed by atoms with Crippen LogP contribution in [0, 0.1) is 0 Å². The second-order valence-corrected chi connectivity index (χ2v) is 5.61. The molecule has 6 nitrogen and oxygen atoms in total. The molecule has 0 atom stereocenters. The molecule has 0 aliphatic carbocycles. The van der Waals surface area contributed by atoms with Gasteiger partial charge < -0.3 is 20.0 Å². The molecule has 23 heavy (non-hydrogen) atoms. The molecule has 118 valence electrons. The van der Waals surface area contributed by atoms with Gasteiger partial charge in [-0.2, -0.15) is 0 Å². The highest BCUT2D eigenvalue weighted by atomic mass is 35.5. The average molecular weight is 354 g/mol. The van der Waals surface area contributed by atoms with Gasteiger partial charge in [0, 0.05) is 17.2 Å². The maximum Gasteiger partial charge on any atom is 0.255 e. The van der Waals surface area contributed by atoms with Crippen LogP contribution in [-0.2, 0) is 4.79 Å². The number of phenolic OH excluding ortho intramolecular Hbond substituents is 1. The van der Waals surface area contributed by atoms with Crippen LogP contribution in [0.5, 0.6) is 11.5 Å². The minimum atomic E-state index is -0.678. The minimum absolute atomic E-state index is 0.0396. The molecule has 0 aliphatic rings. The lowest BCUT2D eigenvalue weighted by atomic mass is 10.1. The second kappa shape index (κ2) is 5.64. The predicted octanol–water partition coefficient (Wildman–Crippen LogP) is 2.82. The number of amides is 1. The standard InChI is InChI=1S/C15H9Cl2NO5/c16-6-1-8-14(21)13-10(19)3-7(22-5-12(18)20)4-11(13)23-15(8)9(17)2-6/h1-4,19H,5H2,(H2,18,20). The molecule has 8 heteroatoms. The fraction of sp³-hybridized carbons (Fsp3) is 0.0667. The average Bonchev–Trinajstić information content (AvgIpc) is 2.46. The van der Waals surface area contributed by atoms with Gasteiger partial charge in [-0.25, -0.2) is 0 Å². The van der Waals surface area contributed by atoms with Gasteiger partial charge in [-0.1, -0.05) is 23.2 Å². The molecular weight excluding hydrogens is 345 g/mol. The van der Waals surface area contributed by atoms with Crippen LogP contribution < -0.4 is 15.9 Å². The van der Waals surface area contributed by atoms with Gasteiger partial charge in [-0.05, 0) is 12.1 Å². The number of nitrogens with two attached hydrogens (primary N) is 1. The number of aromatic hydroxyl groups is 1. The van der Waals surface area contributed by atoms with E-state index >= 15 is 0 Å². The van der Waals surface area contributed by atoms with Crippen LogP contribution >= 0.6 is 23.2 Å². The Balaban J connectivity index is 2.31. The molecule has 0 bridgehead atoms. The van der Waals surface area contributed by atoms with Crippen LogP contribution in [0.2, 0.25) is 10.0 Å². The Kier molecular flexibility index (Phi) is 3.79. The largest absolute Gasteiger partial charge is 0.507 e. The van der Waals surface area contributed by atoms with E-state index in [1.54, 1.807) is 0 Å². The van der Waals surface area contributed by atoms with Crippen LogP contribution in [0.15, 0.2) is 33.5 Å². The smallest absolute Gasteiger partial charge is 0.255 e. The van der Waals surface area contributed by atoms with Gasteiger partial charge in [-0.15, -0.1) is 0 Å². The summed E-state index contributed by atoms with van der Waals surface area (Å²) in [5.74, 6) is -0.905. The van der Waals surface area contributed by atoms with Gasteiger partial charge in [0.25, 0.3) is 5.91 Å². The first kappa shape index (κ1) is 15.5. The van der Waals surface area contributed by atoms with Crippen LogP contribution in [0.25, 0.3) is 21.9 Å². The summed E-state index contributed by atoms with van der Waals surface area (Å²) in [6.45, 7) is -0.376. The van der Waals surface area contributed by atoms with Crippen LogP contribution in [-0.4, -0.2) is 17.6 Å². The van der Waals surface area contributed by atoms with Gasteiger partial charge in [0.2, 0.25) is 5.43 Å². The van der Waals surface area contributed by atoms with Crippen molar-refractivity contribution in [2.75, 3.05) is 6.61 Å². The van der Waals surface area contributed by atoms with Crippen molar-refractivity contribution in [1.29, 1.82) is 0 Å². The van der Waals surface area contributed by atoms with E-state index < -0.39 is 11.3 Å². The number of ether oxygens (including phenoxy) is 1. The number of hydrogen-bond acceptors (Lipinski definition) is 5. The maximum atomic E-state index is 12.5. The van der Waals surface area contributed by atoms with E-state index in [2.05, 4.69) is 0 Å². The van der Waals surface area contributed by atoms with Crippen LogP contribution in [0.1, 0.15) is 0 Å². The summed E-state index contributed by atoms with van der Waals surface area (Å²) in [5, 5.41) is 10.6. The van der Waals surface area contributed by atoms with Crippen LogP contribution in [0.4, 0.5) is 0 Å². The van der Waals surface area contributed by atoms with Crippen molar-refractivity contribution in [3.63, 3.8) is 0 Å². The van der Waals surface area contributed by atoms with E-state index in [0.29, 0.717) is 0 Å². The maximum absolute atomic E-state index is 12.5. The molecule has 3 aromatic rings. The first-order valence-corrected chi connectivity index (χ1v) is 7.12. The minimum Gasteiger partial charge on any atom is -0.507 e. The third-order valence-corrected chi connectivity index (χ3v) is 3.63. The molecule has 0 saturated heterocycles. The molecule has 0 unspecified atom stereocenters. The zero-order valence-electron chi connectivity index (χ0n) is 11.4. The second-order valence-electron chi connectivity index (χ2n) is 4.77. The molecule has 3 rings (SSSR count). The number of halogens is 2. The lowest BCUT2D eigenvalue weighted by molar-refractivity contribution is -0.119. The Hall–Kier alpha value is -2.44. The van der Waals surface area contributed by atoms with E-state index in [4.69, 9.17) is 38.1 Å². The fourth-order valence-electron chi connectivity index (χ4n) is 2.20. The van der Waals surface area contributed by atoms with Crippen LogP contribution in [0.3, 0.4) is 0 Å². The number of phenols is 1. The molecule has 0 aliphatic heterocycles. The number of benzene rings is 2. The number of carbonyl (C=O) groups is 1. The highest BCUT2D eigenvalue weighted by Gasteiger charge is 2.16. The summed E-state index contributed by atoms with van der Waals surface area (Å²) >= 11 is 11.9.